The topological polar surface area (TPSA) is 112 Å². The number of carbonyl (C=O) groups excluding carboxylic acids is 3. The van der Waals surface area contributed by atoms with Crippen LogP contribution in [0.5, 0.6) is 5.75 Å². The first-order valence-corrected chi connectivity index (χ1v) is 18.9. The number of nitrogens with one attached hydrogen (secondary N) is 1. The minimum Gasteiger partial charge on any atom is -0.487 e. The second-order valence-electron chi connectivity index (χ2n) is 13.9. The van der Waals surface area contributed by atoms with Gasteiger partial charge in [-0.05, 0) is 36.8 Å². The molecular formula is C40H54F2N4O7. The van der Waals surface area contributed by atoms with Crippen molar-refractivity contribution >= 4 is 28.6 Å². The zero-order valence-corrected chi connectivity index (χ0v) is 31.2. The summed E-state index contributed by atoms with van der Waals surface area (Å²) in [5.41, 5.74) is 1.65. The molecular weight excluding hydrogens is 686 g/mol. The number of halogens is 2. The Kier molecular flexibility index (Phi) is 15.0. The number of piperazine rings is 1. The van der Waals surface area contributed by atoms with E-state index in [2.05, 4.69) is 5.32 Å². The average molecular weight is 741 g/mol. The lowest BCUT2D eigenvalue weighted by Crippen LogP contribution is -2.58. The largest absolute Gasteiger partial charge is 0.487 e. The van der Waals surface area contributed by atoms with Gasteiger partial charge in [0.25, 0.3) is 5.91 Å². The summed E-state index contributed by atoms with van der Waals surface area (Å²) in [7, 11) is 1.63. The predicted molar refractivity (Wildman–Crippen MR) is 197 cm³/mol. The van der Waals surface area contributed by atoms with Gasteiger partial charge in [-0.2, -0.15) is 4.39 Å². The molecule has 2 aromatic carbocycles. The van der Waals surface area contributed by atoms with Crippen LogP contribution in [0.4, 0.5) is 8.78 Å². The minimum atomic E-state index is -1.14. The Balaban J connectivity index is 1.11. The molecule has 2 aliphatic rings. The van der Waals surface area contributed by atoms with Crippen molar-refractivity contribution in [1.82, 2.24) is 19.7 Å². The van der Waals surface area contributed by atoms with Gasteiger partial charge in [-0.15, -0.1) is 0 Å². The number of aromatic nitrogens is 1. The molecule has 0 radical (unpaired) electrons. The lowest BCUT2D eigenvalue weighted by atomic mass is 9.83. The van der Waals surface area contributed by atoms with Gasteiger partial charge < -0.3 is 38.6 Å². The van der Waals surface area contributed by atoms with Crippen LogP contribution < -0.4 is 10.1 Å². The molecule has 1 aliphatic heterocycles. The van der Waals surface area contributed by atoms with E-state index in [1.807, 2.05) is 44.2 Å². The monoisotopic (exact) mass is 740 g/mol. The summed E-state index contributed by atoms with van der Waals surface area (Å²) in [4.78, 5) is 43.8. The van der Waals surface area contributed by atoms with Crippen molar-refractivity contribution in [3.05, 3.63) is 65.4 Å². The maximum atomic E-state index is 15.0. The van der Waals surface area contributed by atoms with Gasteiger partial charge in [-0.3, -0.25) is 14.4 Å². The Hall–Kier alpha value is -4.07. The number of rotatable bonds is 18. The molecule has 53 heavy (non-hydrogen) atoms. The summed E-state index contributed by atoms with van der Waals surface area (Å²) in [5, 5.41) is 3.34. The molecule has 0 spiro atoms. The van der Waals surface area contributed by atoms with Crippen LogP contribution in [0.25, 0.3) is 10.9 Å². The van der Waals surface area contributed by atoms with Gasteiger partial charge in [-0.25, -0.2) is 4.39 Å². The molecule has 2 atom stereocenters. The Labute approximate surface area is 310 Å². The van der Waals surface area contributed by atoms with Crippen LogP contribution in [0.2, 0.25) is 0 Å². The first-order chi connectivity index (χ1) is 25.7. The fourth-order valence-electron chi connectivity index (χ4n) is 6.96. The highest BCUT2D eigenvalue weighted by molar-refractivity contribution is 6.00. The number of carbonyl (C=O) groups is 3. The quantitative estimate of drug-likeness (QED) is 0.172. The van der Waals surface area contributed by atoms with Crippen molar-refractivity contribution in [2.75, 3.05) is 65.8 Å². The third-order valence-corrected chi connectivity index (χ3v) is 10.4. The standard InChI is InChI=1S/C40H54F2N4O7/c1-4-28(2)38(47)43-36(30-13-9-6-10-14-30)40(49)46-17-15-45(16-18-46)39(48)34-25-31-33(44(34)3)26-32(41)35(42)37(31)53-24-23-51-20-19-50-21-22-52-27-29-11-7-5-8-12-29/h5,7-8,11-12,25-26,28,30,36H,4,6,9-10,13-24,27H2,1-3H3,(H,43,47)/t28-,36+/m1/s1. The third-order valence-electron chi connectivity index (χ3n) is 10.4. The van der Waals surface area contributed by atoms with E-state index in [-0.39, 0.29) is 72.7 Å². The smallest absolute Gasteiger partial charge is 0.270 e. The first-order valence-electron chi connectivity index (χ1n) is 18.9. The van der Waals surface area contributed by atoms with E-state index in [0.717, 1.165) is 43.7 Å². The van der Waals surface area contributed by atoms with Crippen LogP contribution in [0.15, 0.2) is 42.5 Å². The van der Waals surface area contributed by atoms with Crippen molar-refractivity contribution in [2.45, 2.75) is 65.0 Å². The SMILES string of the molecule is CC[C@@H](C)C(=O)N[C@H](C(=O)N1CCN(C(=O)c2cc3c(OCCOCCOCCOCc4ccccc4)c(F)c(F)cc3n2C)CC1)C1CCCCC1. The molecule has 2 heterocycles. The third kappa shape index (κ3) is 10.5. The molecule has 13 heteroatoms. The summed E-state index contributed by atoms with van der Waals surface area (Å²) in [6, 6.07) is 11.9. The maximum Gasteiger partial charge on any atom is 0.270 e. The summed E-state index contributed by atoms with van der Waals surface area (Å²) in [5.74, 6) is -3.11. The highest BCUT2D eigenvalue weighted by Crippen LogP contribution is 2.34. The lowest BCUT2D eigenvalue weighted by molar-refractivity contribution is -0.140. The first kappa shape index (κ1) is 40.1. The fraction of sp³-hybridized carbons (Fsp3) is 0.575. The van der Waals surface area contributed by atoms with Gasteiger partial charge >= 0.3 is 0 Å². The van der Waals surface area contributed by atoms with E-state index in [0.29, 0.717) is 58.1 Å². The van der Waals surface area contributed by atoms with Crippen LogP contribution in [-0.2, 0) is 37.5 Å². The van der Waals surface area contributed by atoms with E-state index in [1.165, 1.54) is 10.6 Å². The molecule has 1 aromatic heterocycles. The average Bonchev–Trinajstić information content (AvgIpc) is 3.51. The van der Waals surface area contributed by atoms with Gasteiger partial charge in [0, 0.05) is 50.6 Å². The Morgan fingerprint density at radius 3 is 2.13 bits per heavy atom. The van der Waals surface area contributed by atoms with E-state index < -0.39 is 17.7 Å². The van der Waals surface area contributed by atoms with E-state index in [1.54, 1.807) is 16.8 Å². The predicted octanol–water partition coefficient (Wildman–Crippen LogP) is 5.48. The second-order valence-corrected chi connectivity index (χ2v) is 13.9. The summed E-state index contributed by atoms with van der Waals surface area (Å²) < 4.78 is 53.6. The molecule has 290 valence electrons. The Morgan fingerprint density at radius 2 is 1.47 bits per heavy atom. The van der Waals surface area contributed by atoms with Crippen LogP contribution in [0, 0.1) is 23.5 Å². The van der Waals surface area contributed by atoms with E-state index in [4.69, 9.17) is 18.9 Å². The van der Waals surface area contributed by atoms with Crippen LogP contribution in [-0.4, -0.2) is 104 Å². The van der Waals surface area contributed by atoms with Crippen molar-refractivity contribution in [3.8, 4) is 5.75 Å². The van der Waals surface area contributed by atoms with E-state index >= 15 is 4.39 Å². The Bertz CT molecular complexity index is 1660. The molecule has 3 amide bonds. The molecule has 2 fully saturated rings. The Morgan fingerprint density at radius 1 is 0.849 bits per heavy atom. The van der Waals surface area contributed by atoms with Gasteiger partial charge in [0.2, 0.25) is 17.6 Å². The summed E-state index contributed by atoms with van der Waals surface area (Å²) in [6.45, 7) is 7.14. The van der Waals surface area contributed by atoms with Crippen molar-refractivity contribution in [2.24, 2.45) is 18.9 Å². The molecule has 0 unspecified atom stereocenters. The molecule has 0 bridgehead atoms. The van der Waals surface area contributed by atoms with Crippen molar-refractivity contribution < 1.29 is 42.1 Å². The van der Waals surface area contributed by atoms with Crippen LogP contribution in [0.3, 0.4) is 0 Å². The number of hydrogen-bond acceptors (Lipinski definition) is 7. The summed E-state index contributed by atoms with van der Waals surface area (Å²) >= 11 is 0. The molecule has 1 aliphatic carbocycles. The summed E-state index contributed by atoms with van der Waals surface area (Å²) in [6.07, 6.45) is 5.71. The maximum absolute atomic E-state index is 15.0. The lowest BCUT2D eigenvalue weighted by Gasteiger charge is -2.39. The highest BCUT2D eigenvalue weighted by Gasteiger charge is 2.36. The van der Waals surface area contributed by atoms with Crippen molar-refractivity contribution in [1.29, 1.82) is 0 Å². The van der Waals surface area contributed by atoms with Crippen LogP contribution >= 0.6 is 0 Å². The van der Waals surface area contributed by atoms with Crippen LogP contribution in [0.1, 0.15) is 68.4 Å². The minimum absolute atomic E-state index is 0.0382. The fourth-order valence-corrected chi connectivity index (χ4v) is 6.96. The molecule has 5 rings (SSSR count). The zero-order chi connectivity index (χ0) is 37.7. The molecule has 1 saturated carbocycles. The number of fused-ring (bicyclic) bond motifs is 1. The highest BCUT2D eigenvalue weighted by atomic mass is 19.2. The molecule has 3 aromatic rings. The van der Waals surface area contributed by atoms with Crippen molar-refractivity contribution in [3.63, 3.8) is 0 Å². The normalized spacial score (nSPS) is 16.5. The molecule has 1 N–H and O–H groups in total. The molecule has 11 nitrogen and oxygen atoms in total. The number of hydrogen-bond donors (Lipinski definition) is 1. The van der Waals surface area contributed by atoms with E-state index in [9.17, 15) is 18.8 Å². The number of benzene rings is 2. The number of nitrogens with zero attached hydrogens (tertiary/aromatic N) is 3. The van der Waals surface area contributed by atoms with Gasteiger partial charge in [0.05, 0.1) is 45.2 Å². The number of aryl methyl sites for hydroxylation is 1. The van der Waals surface area contributed by atoms with Gasteiger partial charge in [0.1, 0.15) is 18.3 Å². The number of amides is 3. The zero-order valence-electron chi connectivity index (χ0n) is 31.2. The number of ether oxygens (including phenoxy) is 4. The second kappa shape index (κ2) is 19.8. The van der Waals surface area contributed by atoms with Gasteiger partial charge in [-0.1, -0.05) is 63.4 Å². The van der Waals surface area contributed by atoms with Gasteiger partial charge in [0.15, 0.2) is 11.6 Å². The molecule has 1 saturated heterocycles.